The molecule has 0 fully saturated rings. The predicted molar refractivity (Wildman–Crippen MR) is 130 cm³/mol. The van der Waals surface area contributed by atoms with Crippen LogP contribution >= 0.6 is 0 Å². The number of hydrogen-bond acceptors (Lipinski definition) is 7. The van der Waals surface area contributed by atoms with Crippen LogP contribution in [-0.2, 0) is 20.0 Å². The molecule has 36 heavy (non-hydrogen) atoms. The zero-order chi connectivity index (χ0) is 26.5. The third-order valence-corrected chi connectivity index (χ3v) is 7.48. The summed E-state index contributed by atoms with van der Waals surface area (Å²) < 4.78 is 100. The van der Waals surface area contributed by atoms with Crippen LogP contribution in [0.1, 0.15) is 13.8 Å². The second kappa shape index (κ2) is 11.0. The van der Waals surface area contributed by atoms with Crippen molar-refractivity contribution < 1.29 is 39.8 Å². The van der Waals surface area contributed by atoms with E-state index < -0.39 is 41.5 Å². The van der Waals surface area contributed by atoms with Gasteiger partial charge >= 0.3 is 0 Å². The number of sulfonamides is 2. The van der Waals surface area contributed by atoms with Crippen molar-refractivity contribution in [3.8, 4) is 17.2 Å². The van der Waals surface area contributed by atoms with Gasteiger partial charge < -0.3 is 14.2 Å². The van der Waals surface area contributed by atoms with Crippen molar-refractivity contribution in [3.63, 3.8) is 0 Å². The second-order valence-electron chi connectivity index (χ2n) is 7.17. The minimum absolute atomic E-state index is 0.194. The van der Waals surface area contributed by atoms with Gasteiger partial charge in [0, 0.05) is 12.1 Å². The Hall–Kier alpha value is -3.58. The van der Waals surface area contributed by atoms with E-state index in [0.29, 0.717) is 6.61 Å². The molecule has 0 saturated carbocycles. The van der Waals surface area contributed by atoms with E-state index in [0.717, 1.165) is 30.3 Å². The van der Waals surface area contributed by atoms with E-state index >= 15 is 0 Å². The molecule has 3 aromatic rings. The standard InChI is InChI=1S/C23H24F2N2O7S2/c1-4-33-15-6-9-20(18(24)12-15)26-35(28,29)17-8-11-22(32-3)23(14-17)36(30,31)27-21-10-7-16(34-5-2)13-19(21)25/h6-14,26-27H,4-5H2,1-3H3. The highest BCUT2D eigenvalue weighted by molar-refractivity contribution is 7.93. The van der Waals surface area contributed by atoms with Crippen molar-refractivity contribution in [1.82, 2.24) is 0 Å². The lowest BCUT2D eigenvalue weighted by Gasteiger charge is -2.15. The molecular weight excluding hydrogens is 518 g/mol. The molecule has 0 aliphatic heterocycles. The third kappa shape index (κ3) is 6.15. The van der Waals surface area contributed by atoms with E-state index in [-0.39, 0.29) is 35.2 Å². The molecule has 13 heteroatoms. The number of methoxy groups -OCH3 is 1. The largest absolute Gasteiger partial charge is 0.495 e. The molecular formula is C23H24F2N2O7S2. The molecule has 0 amide bonds. The molecule has 0 aliphatic rings. The average Bonchev–Trinajstić information content (AvgIpc) is 2.82. The molecule has 0 radical (unpaired) electrons. The zero-order valence-corrected chi connectivity index (χ0v) is 21.2. The lowest BCUT2D eigenvalue weighted by Crippen LogP contribution is -2.18. The van der Waals surface area contributed by atoms with E-state index in [2.05, 4.69) is 9.44 Å². The Morgan fingerprint density at radius 3 is 1.67 bits per heavy atom. The summed E-state index contributed by atoms with van der Waals surface area (Å²) in [5.41, 5.74) is -0.753. The summed E-state index contributed by atoms with van der Waals surface area (Å²) in [5, 5.41) is 0. The maximum absolute atomic E-state index is 14.4. The summed E-state index contributed by atoms with van der Waals surface area (Å²) in [5.74, 6) is -1.57. The number of hydrogen-bond donors (Lipinski definition) is 2. The Kier molecular flexibility index (Phi) is 8.25. The van der Waals surface area contributed by atoms with Gasteiger partial charge in [0.05, 0.1) is 36.6 Å². The van der Waals surface area contributed by atoms with E-state index in [9.17, 15) is 25.6 Å². The Balaban J connectivity index is 1.95. The van der Waals surface area contributed by atoms with Crippen LogP contribution in [0.4, 0.5) is 20.2 Å². The van der Waals surface area contributed by atoms with Crippen LogP contribution in [0.2, 0.25) is 0 Å². The van der Waals surface area contributed by atoms with Gasteiger partial charge in [-0.3, -0.25) is 9.44 Å². The minimum atomic E-state index is -4.52. The van der Waals surface area contributed by atoms with Crippen molar-refractivity contribution in [1.29, 1.82) is 0 Å². The highest BCUT2D eigenvalue weighted by Gasteiger charge is 2.26. The van der Waals surface area contributed by atoms with Gasteiger partial charge in [-0.15, -0.1) is 0 Å². The fraction of sp³-hybridized carbons (Fsp3) is 0.217. The average molecular weight is 543 g/mol. The first kappa shape index (κ1) is 27.0. The van der Waals surface area contributed by atoms with Gasteiger partial charge in [0.25, 0.3) is 20.0 Å². The summed E-state index contributed by atoms with van der Waals surface area (Å²) in [6, 6.07) is 10.1. The Bertz CT molecular complexity index is 1460. The molecule has 9 nitrogen and oxygen atoms in total. The lowest BCUT2D eigenvalue weighted by atomic mass is 10.3. The second-order valence-corrected chi connectivity index (χ2v) is 10.5. The van der Waals surface area contributed by atoms with E-state index in [4.69, 9.17) is 14.2 Å². The number of nitrogens with one attached hydrogen (secondary N) is 2. The Morgan fingerprint density at radius 1 is 0.722 bits per heavy atom. The van der Waals surface area contributed by atoms with Crippen LogP contribution in [0.5, 0.6) is 17.2 Å². The van der Waals surface area contributed by atoms with Crippen LogP contribution in [-0.4, -0.2) is 37.2 Å². The summed E-state index contributed by atoms with van der Waals surface area (Å²) in [7, 11) is -7.76. The molecule has 0 unspecified atom stereocenters. The molecule has 0 atom stereocenters. The number of ether oxygens (including phenoxy) is 3. The van der Waals surface area contributed by atoms with Crippen molar-refractivity contribution in [2.45, 2.75) is 23.6 Å². The van der Waals surface area contributed by atoms with Gasteiger partial charge in [-0.2, -0.15) is 0 Å². The number of anilines is 2. The molecule has 0 aromatic heterocycles. The third-order valence-electron chi connectivity index (χ3n) is 4.73. The topological polar surface area (TPSA) is 120 Å². The maximum Gasteiger partial charge on any atom is 0.265 e. The maximum atomic E-state index is 14.4. The van der Waals surface area contributed by atoms with Gasteiger partial charge in [-0.25, -0.2) is 25.6 Å². The van der Waals surface area contributed by atoms with Crippen LogP contribution in [0.3, 0.4) is 0 Å². The van der Waals surface area contributed by atoms with Gasteiger partial charge in [-0.1, -0.05) is 0 Å². The normalized spacial score (nSPS) is 11.6. The molecule has 0 heterocycles. The highest BCUT2D eigenvalue weighted by atomic mass is 32.2. The number of rotatable bonds is 11. The Morgan fingerprint density at radius 2 is 1.22 bits per heavy atom. The molecule has 0 bridgehead atoms. The van der Waals surface area contributed by atoms with Crippen LogP contribution < -0.4 is 23.7 Å². The molecule has 0 saturated heterocycles. The minimum Gasteiger partial charge on any atom is -0.495 e. The molecule has 3 aromatic carbocycles. The summed E-state index contributed by atoms with van der Waals surface area (Å²) in [6.07, 6.45) is 0. The zero-order valence-electron chi connectivity index (χ0n) is 19.5. The van der Waals surface area contributed by atoms with E-state index in [1.54, 1.807) is 13.8 Å². The van der Waals surface area contributed by atoms with Gasteiger partial charge in [0.15, 0.2) is 11.6 Å². The molecule has 0 spiro atoms. The summed E-state index contributed by atoms with van der Waals surface area (Å²) in [4.78, 5) is -1.07. The molecule has 2 N–H and O–H groups in total. The van der Waals surface area contributed by atoms with E-state index in [1.165, 1.54) is 31.4 Å². The number of benzene rings is 3. The monoisotopic (exact) mass is 542 g/mol. The molecule has 3 rings (SSSR count). The fourth-order valence-corrected chi connectivity index (χ4v) is 5.54. The smallest absolute Gasteiger partial charge is 0.265 e. The lowest BCUT2D eigenvalue weighted by molar-refractivity contribution is 0.338. The molecule has 0 aliphatic carbocycles. The van der Waals surface area contributed by atoms with Gasteiger partial charge in [-0.05, 0) is 56.3 Å². The highest BCUT2D eigenvalue weighted by Crippen LogP contribution is 2.31. The first-order chi connectivity index (χ1) is 17.0. The Labute approximate surface area is 208 Å². The first-order valence-electron chi connectivity index (χ1n) is 10.6. The summed E-state index contributed by atoms with van der Waals surface area (Å²) in [6.45, 7) is 4.00. The first-order valence-corrected chi connectivity index (χ1v) is 13.6. The number of halogens is 2. The van der Waals surface area contributed by atoms with Crippen LogP contribution in [0, 0.1) is 11.6 Å². The van der Waals surface area contributed by atoms with Gasteiger partial charge in [0.2, 0.25) is 0 Å². The SMILES string of the molecule is CCOc1ccc(NS(=O)(=O)c2ccc(OC)c(S(=O)(=O)Nc3ccc(OCC)cc3F)c2)c(F)c1. The predicted octanol–water partition coefficient (Wildman–Crippen LogP) is 4.37. The quantitative estimate of drug-likeness (QED) is 0.369. The molecule has 194 valence electrons. The van der Waals surface area contributed by atoms with Crippen molar-refractivity contribution in [2.24, 2.45) is 0 Å². The van der Waals surface area contributed by atoms with Crippen molar-refractivity contribution in [3.05, 3.63) is 66.2 Å². The van der Waals surface area contributed by atoms with Gasteiger partial charge in [0.1, 0.15) is 22.1 Å². The van der Waals surface area contributed by atoms with Crippen LogP contribution in [0.25, 0.3) is 0 Å². The van der Waals surface area contributed by atoms with Crippen LogP contribution in [0.15, 0.2) is 64.4 Å². The summed E-state index contributed by atoms with van der Waals surface area (Å²) >= 11 is 0. The fourth-order valence-electron chi connectivity index (χ4n) is 3.11. The van der Waals surface area contributed by atoms with Crippen molar-refractivity contribution >= 4 is 31.4 Å². The van der Waals surface area contributed by atoms with E-state index in [1.807, 2.05) is 0 Å². The van der Waals surface area contributed by atoms with Crippen molar-refractivity contribution in [2.75, 3.05) is 29.8 Å².